The summed E-state index contributed by atoms with van der Waals surface area (Å²) in [5, 5.41) is 0. The number of hydrogen-bond donors (Lipinski definition) is 1. The largest absolute Gasteiger partial charge is 0.382 e. The van der Waals surface area contributed by atoms with Gasteiger partial charge in [-0.3, -0.25) is 0 Å². The second kappa shape index (κ2) is 7.72. The first kappa shape index (κ1) is 10.6. The number of rotatable bonds is 7. The van der Waals surface area contributed by atoms with Gasteiger partial charge < -0.3 is 15.2 Å². The Bertz CT molecular complexity index is 96.1. The van der Waals surface area contributed by atoms with Gasteiger partial charge in [-0.1, -0.05) is 6.08 Å². The number of methoxy groups -OCH3 is 1. The van der Waals surface area contributed by atoms with Crippen LogP contribution in [0.4, 0.5) is 0 Å². The summed E-state index contributed by atoms with van der Waals surface area (Å²) in [6, 6.07) is 0.0735. The van der Waals surface area contributed by atoms with Gasteiger partial charge in [0.05, 0.1) is 19.8 Å². The Balaban J connectivity index is 3.03. The van der Waals surface area contributed by atoms with E-state index in [0.717, 1.165) is 6.42 Å². The van der Waals surface area contributed by atoms with E-state index in [0.29, 0.717) is 19.8 Å². The van der Waals surface area contributed by atoms with Crippen molar-refractivity contribution < 1.29 is 9.47 Å². The third-order valence-electron chi connectivity index (χ3n) is 1.23. The van der Waals surface area contributed by atoms with E-state index in [1.54, 1.807) is 13.2 Å². The average molecular weight is 159 g/mol. The highest BCUT2D eigenvalue weighted by Crippen LogP contribution is 1.89. The fourth-order valence-corrected chi connectivity index (χ4v) is 0.659. The van der Waals surface area contributed by atoms with Crippen LogP contribution in [0.15, 0.2) is 12.7 Å². The smallest absolute Gasteiger partial charge is 0.0701 e. The summed E-state index contributed by atoms with van der Waals surface area (Å²) < 4.78 is 9.99. The predicted molar refractivity (Wildman–Crippen MR) is 45.5 cm³/mol. The summed E-state index contributed by atoms with van der Waals surface area (Å²) in [5.41, 5.74) is 5.63. The molecule has 0 fully saturated rings. The van der Waals surface area contributed by atoms with Crippen LogP contribution in [-0.4, -0.2) is 33.0 Å². The van der Waals surface area contributed by atoms with Crippen molar-refractivity contribution in [3.63, 3.8) is 0 Å². The van der Waals surface area contributed by atoms with Gasteiger partial charge >= 0.3 is 0 Å². The van der Waals surface area contributed by atoms with Crippen LogP contribution in [0, 0.1) is 0 Å². The zero-order chi connectivity index (χ0) is 8.53. The summed E-state index contributed by atoms with van der Waals surface area (Å²) in [7, 11) is 1.65. The Labute approximate surface area is 68.2 Å². The average Bonchev–Trinajstić information content (AvgIpc) is 1.99. The number of nitrogens with two attached hydrogens (primary N) is 1. The normalized spacial score (nSPS) is 12.9. The number of hydrogen-bond acceptors (Lipinski definition) is 3. The number of ether oxygens (including phenoxy) is 2. The van der Waals surface area contributed by atoms with Crippen molar-refractivity contribution in [1.29, 1.82) is 0 Å². The van der Waals surface area contributed by atoms with E-state index in [2.05, 4.69) is 6.58 Å². The predicted octanol–water partition coefficient (Wildman–Crippen LogP) is 0.553. The maximum Gasteiger partial charge on any atom is 0.0701 e. The molecule has 0 saturated carbocycles. The van der Waals surface area contributed by atoms with Crippen LogP contribution in [0.1, 0.15) is 6.42 Å². The third kappa shape index (κ3) is 7.52. The fraction of sp³-hybridized carbons (Fsp3) is 0.750. The molecule has 0 aromatic rings. The van der Waals surface area contributed by atoms with E-state index in [1.807, 2.05) is 0 Å². The molecule has 3 nitrogen and oxygen atoms in total. The molecule has 0 saturated heterocycles. The second-order valence-corrected chi connectivity index (χ2v) is 2.35. The molecule has 3 heteroatoms. The molecule has 0 aromatic heterocycles. The molecule has 1 atom stereocenters. The standard InChI is InChI=1S/C8H17NO2/c1-3-4-8(9)7-11-6-5-10-2/h3,8H,1,4-7,9H2,2H3. The highest BCUT2D eigenvalue weighted by atomic mass is 16.5. The Kier molecular flexibility index (Phi) is 7.46. The second-order valence-electron chi connectivity index (χ2n) is 2.35. The van der Waals surface area contributed by atoms with Crippen LogP contribution in [-0.2, 0) is 9.47 Å². The molecule has 0 aliphatic heterocycles. The van der Waals surface area contributed by atoms with Gasteiger partial charge in [0.1, 0.15) is 0 Å². The zero-order valence-corrected chi connectivity index (χ0v) is 7.08. The van der Waals surface area contributed by atoms with Crippen LogP contribution < -0.4 is 5.73 Å². The van der Waals surface area contributed by atoms with E-state index < -0.39 is 0 Å². The Morgan fingerprint density at radius 3 is 2.82 bits per heavy atom. The molecular weight excluding hydrogens is 142 g/mol. The van der Waals surface area contributed by atoms with Crippen LogP contribution in [0.5, 0.6) is 0 Å². The van der Waals surface area contributed by atoms with Gasteiger partial charge in [0.15, 0.2) is 0 Å². The molecule has 0 heterocycles. The van der Waals surface area contributed by atoms with Crippen molar-refractivity contribution in [3.05, 3.63) is 12.7 Å². The molecule has 0 radical (unpaired) electrons. The lowest BCUT2D eigenvalue weighted by Crippen LogP contribution is -2.26. The maximum absolute atomic E-state index is 5.63. The molecule has 2 N–H and O–H groups in total. The first-order valence-electron chi connectivity index (χ1n) is 3.74. The van der Waals surface area contributed by atoms with E-state index in [4.69, 9.17) is 15.2 Å². The van der Waals surface area contributed by atoms with E-state index in [-0.39, 0.29) is 6.04 Å². The topological polar surface area (TPSA) is 44.5 Å². The van der Waals surface area contributed by atoms with Gasteiger partial charge in [-0.2, -0.15) is 0 Å². The molecule has 0 spiro atoms. The van der Waals surface area contributed by atoms with Crippen molar-refractivity contribution in [2.75, 3.05) is 26.9 Å². The van der Waals surface area contributed by atoms with Gasteiger partial charge in [-0.05, 0) is 6.42 Å². The van der Waals surface area contributed by atoms with Crippen LogP contribution in [0.3, 0.4) is 0 Å². The van der Waals surface area contributed by atoms with Crippen LogP contribution in [0.2, 0.25) is 0 Å². The van der Waals surface area contributed by atoms with Crippen LogP contribution in [0.25, 0.3) is 0 Å². The highest BCUT2D eigenvalue weighted by Gasteiger charge is 1.98. The van der Waals surface area contributed by atoms with Crippen molar-refractivity contribution in [1.82, 2.24) is 0 Å². The van der Waals surface area contributed by atoms with Crippen molar-refractivity contribution in [2.45, 2.75) is 12.5 Å². The molecule has 0 bridgehead atoms. The minimum atomic E-state index is 0.0735. The van der Waals surface area contributed by atoms with Gasteiger partial charge in [0, 0.05) is 13.2 Å². The minimum absolute atomic E-state index is 0.0735. The summed E-state index contributed by atoms with van der Waals surface area (Å²) in [6.45, 7) is 5.40. The third-order valence-corrected chi connectivity index (χ3v) is 1.23. The van der Waals surface area contributed by atoms with Gasteiger partial charge in [-0.15, -0.1) is 6.58 Å². The van der Waals surface area contributed by atoms with Crippen molar-refractivity contribution >= 4 is 0 Å². The first-order valence-corrected chi connectivity index (χ1v) is 3.74. The summed E-state index contributed by atoms with van der Waals surface area (Å²) in [4.78, 5) is 0. The fourth-order valence-electron chi connectivity index (χ4n) is 0.659. The molecule has 1 unspecified atom stereocenters. The van der Waals surface area contributed by atoms with Gasteiger partial charge in [0.25, 0.3) is 0 Å². The van der Waals surface area contributed by atoms with E-state index >= 15 is 0 Å². The highest BCUT2D eigenvalue weighted by molar-refractivity contribution is 4.74. The van der Waals surface area contributed by atoms with Crippen molar-refractivity contribution in [3.8, 4) is 0 Å². The van der Waals surface area contributed by atoms with Gasteiger partial charge in [-0.25, -0.2) is 0 Å². The van der Waals surface area contributed by atoms with E-state index in [9.17, 15) is 0 Å². The van der Waals surface area contributed by atoms with Crippen LogP contribution >= 0.6 is 0 Å². The molecule has 0 rings (SSSR count). The first-order chi connectivity index (χ1) is 5.31. The van der Waals surface area contributed by atoms with Gasteiger partial charge in [0.2, 0.25) is 0 Å². The molecule has 0 aliphatic rings. The minimum Gasteiger partial charge on any atom is -0.382 e. The monoisotopic (exact) mass is 159 g/mol. The summed E-state index contributed by atoms with van der Waals surface area (Å²) in [5.74, 6) is 0. The van der Waals surface area contributed by atoms with E-state index in [1.165, 1.54) is 0 Å². The lowest BCUT2D eigenvalue weighted by Gasteiger charge is -2.08. The molecule has 0 aromatic carbocycles. The molecule has 11 heavy (non-hydrogen) atoms. The molecular formula is C8H17NO2. The van der Waals surface area contributed by atoms with Crippen molar-refractivity contribution in [2.24, 2.45) is 5.73 Å². The molecule has 0 amide bonds. The summed E-state index contributed by atoms with van der Waals surface area (Å²) in [6.07, 6.45) is 2.59. The lowest BCUT2D eigenvalue weighted by molar-refractivity contribution is 0.0640. The zero-order valence-electron chi connectivity index (χ0n) is 7.08. The lowest BCUT2D eigenvalue weighted by atomic mass is 10.2. The maximum atomic E-state index is 5.63. The Morgan fingerprint density at radius 1 is 1.55 bits per heavy atom. The molecule has 0 aliphatic carbocycles. The Hall–Kier alpha value is -0.380. The Morgan fingerprint density at radius 2 is 2.27 bits per heavy atom. The summed E-state index contributed by atoms with van der Waals surface area (Å²) >= 11 is 0. The SMILES string of the molecule is C=CCC(N)COCCOC. The quantitative estimate of drug-likeness (QED) is 0.436. The molecule has 66 valence electrons.